The second kappa shape index (κ2) is 9.60. The fourth-order valence-electron chi connectivity index (χ4n) is 2.79. The number of carbonyl (C=O) groups excluding carboxylic acids is 1. The summed E-state index contributed by atoms with van der Waals surface area (Å²) >= 11 is 1.20. The molecule has 29 heavy (non-hydrogen) atoms. The van der Waals surface area contributed by atoms with Crippen molar-refractivity contribution in [1.82, 2.24) is 10.2 Å². The fraction of sp³-hybridized carbons (Fsp3) is 0.318. The van der Waals surface area contributed by atoms with Crippen molar-refractivity contribution in [2.75, 3.05) is 11.1 Å². The molecule has 0 aliphatic carbocycles. The van der Waals surface area contributed by atoms with Crippen molar-refractivity contribution < 1.29 is 13.9 Å². The monoisotopic (exact) mass is 411 g/mol. The van der Waals surface area contributed by atoms with Gasteiger partial charge in [-0.25, -0.2) is 0 Å². The summed E-state index contributed by atoms with van der Waals surface area (Å²) in [4.78, 5) is 12.1. The van der Waals surface area contributed by atoms with Crippen LogP contribution in [0.2, 0.25) is 0 Å². The van der Waals surface area contributed by atoms with Crippen LogP contribution in [0.3, 0.4) is 0 Å². The fourth-order valence-corrected chi connectivity index (χ4v) is 3.37. The molecule has 2 aromatic carbocycles. The zero-order chi connectivity index (χ0) is 20.8. The van der Waals surface area contributed by atoms with Gasteiger partial charge in [0.25, 0.3) is 11.1 Å². The van der Waals surface area contributed by atoms with Gasteiger partial charge in [0, 0.05) is 5.69 Å². The minimum absolute atomic E-state index is 0.127. The van der Waals surface area contributed by atoms with Crippen molar-refractivity contribution in [3.63, 3.8) is 0 Å². The summed E-state index contributed by atoms with van der Waals surface area (Å²) in [5.74, 6) is 1.61. The number of anilines is 1. The number of hydrogen-bond donors (Lipinski definition) is 1. The number of thioether (sulfide) groups is 1. The first-order valence-corrected chi connectivity index (χ1v) is 10.4. The molecule has 0 spiro atoms. The lowest BCUT2D eigenvalue weighted by Crippen LogP contribution is -2.13. The van der Waals surface area contributed by atoms with Gasteiger partial charge in [-0.2, -0.15) is 0 Å². The number of ether oxygens (including phenoxy) is 1. The molecule has 152 valence electrons. The van der Waals surface area contributed by atoms with Gasteiger partial charge < -0.3 is 14.5 Å². The quantitative estimate of drug-likeness (QED) is 0.519. The third kappa shape index (κ3) is 6.09. The van der Waals surface area contributed by atoms with E-state index < -0.39 is 0 Å². The molecule has 1 aromatic heterocycles. The Hall–Kier alpha value is -2.80. The molecule has 0 atom stereocenters. The molecule has 0 aliphatic heterocycles. The second-order valence-corrected chi connectivity index (χ2v) is 8.08. The number of benzene rings is 2. The molecular weight excluding hydrogens is 386 g/mol. The summed E-state index contributed by atoms with van der Waals surface area (Å²) < 4.78 is 11.5. The topological polar surface area (TPSA) is 77.2 Å². The first-order valence-electron chi connectivity index (χ1n) is 9.46. The van der Waals surface area contributed by atoms with E-state index >= 15 is 0 Å². The molecule has 1 N–H and O–H groups in total. The maximum Gasteiger partial charge on any atom is 0.277 e. The Morgan fingerprint density at radius 2 is 1.93 bits per heavy atom. The van der Waals surface area contributed by atoms with E-state index in [0.717, 1.165) is 28.1 Å². The number of aryl methyl sites for hydroxylation is 2. The van der Waals surface area contributed by atoms with Gasteiger partial charge in [-0.1, -0.05) is 49.9 Å². The Morgan fingerprint density at radius 1 is 1.14 bits per heavy atom. The van der Waals surface area contributed by atoms with Crippen molar-refractivity contribution in [3.8, 4) is 5.75 Å². The summed E-state index contributed by atoms with van der Waals surface area (Å²) in [6.45, 7) is 8.45. The highest BCUT2D eigenvalue weighted by molar-refractivity contribution is 7.99. The van der Waals surface area contributed by atoms with Crippen molar-refractivity contribution in [2.24, 2.45) is 0 Å². The zero-order valence-corrected chi connectivity index (χ0v) is 17.9. The van der Waals surface area contributed by atoms with Gasteiger partial charge in [-0.15, -0.1) is 10.2 Å². The Labute approximate surface area is 175 Å². The molecule has 0 fully saturated rings. The van der Waals surface area contributed by atoms with E-state index in [0.29, 0.717) is 17.0 Å². The number of rotatable bonds is 8. The van der Waals surface area contributed by atoms with E-state index in [2.05, 4.69) is 41.5 Å². The molecule has 3 aromatic rings. The van der Waals surface area contributed by atoms with Crippen LogP contribution in [0.4, 0.5) is 5.69 Å². The molecule has 1 amide bonds. The number of amides is 1. The minimum Gasteiger partial charge on any atom is -0.484 e. The molecule has 0 aliphatic rings. The maximum absolute atomic E-state index is 12.1. The Morgan fingerprint density at radius 3 is 2.69 bits per heavy atom. The highest BCUT2D eigenvalue weighted by atomic mass is 32.2. The maximum atomic E-state index is 12.1. The van der Waals surface area contributed by atoms with Crippen molar-refractivity contribution >= 4 is 23.4 Å². The molecule has 0 radical (unpaired) electrons. The van der Waals surface area contributed by atoms with Crippen LogP contribution in [-0.4, -0.2) is 21.9 Å². The molecule has 3 rings (SSSR count). The molecular formula is C22H25N3O3S. The molecule has 0 saturated carbocycles. The molecule has 0 bridgehead atoms. The number of aromatic nitrogens is 2. The third-order valence-electron chi connectivity index (χ3n) is 4.22. The Bertz CT molecular complexity index is 985. The predicted molar refractivity (Wildman–Crippen MR) is 114 cm³/mol. The third-order valence-corrected chi connectivity index (χ3v) is 5.04. The lowest BCUT2D eigenvalue weighted by atomic mass is 10.0. The number of nitrogens with zero attached hydrogens (tertiary/aromatic N) is 2. The van der Waals surface area contributed by atoms with Gasteiger partial charge in [-0.05, 0) is 54.7 Å². The number of nitrogens with one attached hydrogen (secondary N) is 1. The van der Waals surface area contributed by atoms with Crippen LogP contribution in [0.5, 0.6) is 5.75 Å². The van der Waals surface area contributed by atoms with E-state index in [-0.39, 0.29) is 18.3 Å². The second-order valence-electron chi connectivity index (χ2n) is 7.15. The van der Waals surface area contributed by atoms with E-state index in [1.54, 1.807) is 0 Å². The van der Waals surface area contributed by atoms with E-state index in [1.807, 2.05) is 44.2 Å². The van der Waals surface area contributed by atoms with Crippen molar-refractivity contribution in [3.05, 3.63) is 65.0 Å². The Balaban J connectivity index is 1.52. The standard InChI is InChI=1S/C22H25N3O3S/c1-14(2)18-9-8-16(4)11-19(18)27-12-21-24-25-22(28-21)29-13-20(26)23-17-7-5-6-15(3)10-17/h5-11,14H,12-13H2,1-4H3,(H,23,26). The van der Waals surface area contributed by atoms with E-state index in [1.165, 1.54) is 11.8 Å². The summed E-state index contributed by atoms with van der Waals surface area (Å²) in [7, 11) is 0. The van der Waals surface area contributed by atoms with Gasteiger partial charge in [0.2, 0.25) is 5.91 Å². The average Bonchev–Trinajstić information content (AvgIpc) is 3.12. The first-order chi connectivity index (χ1) is 13.9. The van der Waals surface area contributed by atoms with Crippen molar-refractivity contribution in [2.45, 2.75) is 45.4 Å². The molecule has 0 saturated heterocycles. The van der Waals surface area contributed by atoms with Gasteiger partial charge in [0.15, 0.2) is 6.61 Å². The normalized spacial score (nSPS) is 10.9. The van der Waals surface area contributed by atoms with Gasteiger partial charge in [-0.3, -0.25) is 4.79 Å². The highest BCUT2D eigenvalue weighted by Gasteiger charge is 2.13. The average molecular weight is 412 g/mol. The van der Waals surface area contributed by atoms with Gasteiger partial charge in [0.1, 0.15) is 5.75 Å². The molecule has 6 nitrogen and oxygen atoms in total. The van der Waals surface area contributed by atoms with E-state index in [4.69, 9.17) is 9.15 Å². The molecule has 1 heterocycles. The smallest absolute Gasteiger partial charge is 0.277 e. The minimum atomic E-state index is -0.127. The summed E-state index contributed by atoms with van der Waals surface area (Å²) in [5, 5.41) is 11.2. The summed E-state index contributed by atoms with van der Waals surface area (Å²) in [6, 6.07) is 13.8. The number of carbonyl (C=O) groups is 1. The lowest BCUT2D eigenvalue weighted by molar-refractivity contribution is -0.113. The summed E-state index contributed by atoms with van der Waals surface area (Å²) in [5.41, 5.74) is 4.13. The number of hydrogen-bond acceptors (Lipinski definition) is 6. The first kappa shape index (κ1) is 20.9. The lowest BCUT2D eigenvalue weighted by Gasteiger charge is -2.13. The van der Waals surface area contributed by atoms with Crippen molar-refractivity contribution in [1.29, 1.82) is 0 Å². The predicted octanol–water partition coefficient (Wildman–Crippen LogP) is 5.12. The molecule has 0 unspecified atom stereocenters. The molecule has 7 heteroatoms. The van der Waals surface area contributed by atoms with Crippen LogP contribution in [-0.2, 0) is 11.4 Å². The van der Waals surface area contributed by atoms with Crippen LogP contribution in [0.1, 0.15) is 42.3 Å². The van der Waals surface area contributed by atoms with Crippen LogP contribution in [0, 0.1) is 13.8 Å². The van der Waals surface area contributed by atoms with E-state index in [9.17, 15) is 4.79 Å². The Kier molecular flexibility index (Phi) is 6.93. The van der Waals surface area contributed by atoms with Gasteiger partial charge in [0.05, 0.1) is 5.75 Å². The van der Waals surface area contributed by atoms with Crippen LogP contribution in [0.25, 0.3) is 0 Å². The van der Waals surface area contributed by atoms with Gasteiger partial charge >= 0.3 is 0 Å². The largest absolute Gasteiger partial charge is 0.484 e. The van der Waals surface area contributed by atoms with Crippen LogP contribution in [0.15, 0.2) is 52.1 Å². The van der Waals surface area contributed by atoms with Crippen LogP contribution < -0.4 is 10.1 Å². The van der Waals surface area contributed by atoms with Crippen LogP contribution >= 0.6 is 11.8 Å². The SMILES string of the molecule is Cc1cccc(NC(=O)CSc2nnc(COc3cc(C)ccc3C(C)C)o2)c1. The zero-order valence-electron chi connectivity index (χ0n) is 17.1. The highest BCUT2D eigenvalue weighted by Crippen LogP contribution is 2.28. The summed E-state index contributed by atoms with van der Waals surface area (Å²) in [6.07, 6.45) is 0.